The molecule has 0 aliphatic rings. The Morgan fingerprint density at radius 3 is 2.67 bits per heavy atom. The van der Waals surface area contributed by atoms with Gasteiger partial charge in [-0.05, 0) is 28.1 Å². The number of nitrogen functional groups attached to an aromatic ring is 1. The van der Waals surface area contributed by atoms with Crippen molar-refractivity contribution in [3.8, 4) is 18.1 Å². The molecule has 1 aromatic rings. The zero-order valence-electron chi connectivity index (χ0n) is 9.97. The molecule has 0 spiro atoms. The smallest absolute Gasteiger partial charge is 0.247 e. The molecule has 98 valence electrons. The molecule has 0 saturated heterocycles. The monoisotopic (exact) mass is 332 g/mol. The fourth-order valence-corrected chi connectivity index (χ4v) is 2.87. The van der Waals surface area contributed by atoms with Crippen LogP contribution in [0.3, 0.4) is 0 Å². The number of hydrogen-bond acceptors (Lipinski definition) is 4. The van der Waals surface area contributed by atoms with E-state index < -0.39 is 10.0 Å². The standard InChI is InChI=1S/C11H13BrN2O3S/c1-4-5-14(2)18(15,16)11-7-9(13)8(12)6-10(11)17-3/h1,6-7H,5,13H2,2-3H3. The van der Waals surface area contributed by atoms with Gasteiger partial charge in [0.15, 0.2) is 0 Å². The SMILES string of the molecule is C#CCN(C)S(=O)(=O)c1cc(N)c(Br)cc1OC. The summed E-state index contributed by atoms with van der Waals surface area (Å²) in [4.78, 5) is -0.0107. The van der Waals surface area contributed by atoms with Gasteiger partial charge in [-0.2, -0.15) is 4.31 Å². The second-order valence-corrected chi connectivity index (χ2v) is 6.36. The number of nitrogens with two attached hydrogens (primary N) is 1. The molecular formula is C11H13BrN2O3S. The molecule has 0 amide bonds. The van der Waals surface area contributed by atoms with Crippen LogP contribution in [0, 0.1) is 12.3 Å². The van der Waals surface area contributed by atoms with E-state index in [-0.39, 0.29) is 17.2 Å². The minimum Gasteiger partial charge on any atom is -0.495 e. The number of benzene rings is 1. The molecule has 0 fully saturated rings. The van der Waals surface area contributed by atoms with Gasteiger partial charge >= 0.3 is 0 Å². The molecular weight excluding hydrogens is 320 g/mol. The first-order valence-corrected chi connectivity index (χ1v) is 7.10. The molecule has 7 heteroatoms. The lowest BCUT2D eigenvalue weighted by Crippen LogP contribution is -2.27. The molecule has 0 atom stereocenters. The lowest BCUT2D eigenvalue weighted by Gasteiger charge is -2.17. The summed E-state index contributed by atoms with van der Waals surface area (Å²) in [6, 6.07) is 2.84. The van der Waals surface area contributed by atoms with Crippen LogP contribution in [0.2, 0.25) is 0 Å². The topological polar surface area (TPSA) is 72.6 Å². The first kappa shape index (κ1) is 14.8. The van der Waals surface area contributed by atoms with E-state index in [1.54, 1.807) is 0 Å². The minimum atomic E-state index is -3.72. The molecule has 0 aliphatic heterocycles. The van der Waals surface area contributed by atoms with Crippen molar-refractivity contribution in [2.75, 3.05) is 26.4 Å². The second-order valence-electron chi connectivity index (χ2n) is 3.49. The summed E-state index contributed by atoms with van der Waals surface area (Å²) in [5, 5.41) is 0. The first-order chi connectivity index (χ1) is 8.34. The molecule has 0 heterocycles. The van der Waals surface area contributed by atoms with Crippen LogP contribution in [-0.4, -0.2) is 33.4 Å². The number of anilines is 1. The number of sulfonamides is 1. The van der Waals surface area contributed by atoms with Gasteiger partial charge in [-0.15, -0.1) is 6.42 Å². The number of rotatable bonds is 4. The molecule has 0 unspecified atom stereocenters. The average Bonchev–Trinajstić information content (AvgIpc) is 2.32. The molecule has 0 aromatic heterocycles. The van der Waals surface area contributed by atoms with E-state index in [1.165, 1.54) is 26.3 Å². The molecule has 1 rings (SSSR count). The van der Waals surface area contributed by atoms with Gasteiger partial charge in [0.2, 0.25) is 10.0 Å². The van der Waals surface area contributed by atoms with Gasteiger partial charge in [-0.25, -0.2) is 8.42 Å². The highest BCUT2D eigenvalue weighted by Crippen LogP contribution is 2.33. The van der Waals surface area contributed by atoms with Crippen molar-refractivity contribution in [3.63, 3.8) is 0 Å². The Bertz CT molecular complexity index is 593. The summed E-state index contributed by atoms with van der Waals surface area (Å²) in [5.41, 5.74) is 6.00. The quantitative estimate of drug-likeness (QED) is 0.666. The van der Waals surface area contributed by atoms with E-state index in [0.717, 1.165) is 4.31 Å². The fraction of sp³-hybridized carbons (Fsp3) is 0.273. The Labute approximate surface area is 115 Å². The Hall–Kier alpha value is -1.23. The molecule has 0 radical (unpaired) electrons. The van der Waals surface area contributed by atoms with Gasteiger partial charge in [0.05, 0.1) is 13.7 Å². The number of hydrogen-bond donors (Lipinski definition) is 1. The van der Waals surface area contributed by atoms with Gasteiger partial charge in [-0.3, -0.25) is 0 Å². The van der Waals surface area contributed by atoms with Crippen LogP contribution in [0.15, 0.2) is 21.5 Å². The van der Waals surface area contributed by atoms with E-state index in [2.05, 4.69) is 21.9 Å². The van der Waals surface area contributed by atoms with Crippen molar-refractivity contribution in [3.05, 3.63) is 16.6 Å². The third-order valence-electron chi connectivity index (χ3n) is 2.29. The largest absolute Gasteiger partial charge is 0.495 e. The highest BCUT2D eigenvalue weighted by Gasteiger charge is 2.25. The van der Waals surface area contributed by atoms with Crippen LogP contribution in [-0.2, 0) is 10.0 Å². The Morgan fingerprint density at radius 1 is 1.56 bits per heavy atom. The number of nitrogens with zero attached hydrogens (tertiary/aromatic N) is 1. The molecule has 18 heavy (non-hydrogen) atoms. The van der Waals surface area contributed by atoms with Crippen LogP contribution in [0.1, 0.15) is 0 Å². The van der Waals surface area contributed by atoms with Gasteiger partial charge < -0.3 is 10.5 Å². The van der Waals surface area contributed by atoms with Crippen molar-refractivity contribution in [2.24, 2.45) is 0 Å². The van der Waals surface area contributed by atoms with Gasteiger partial charge in [0, 0.05) is 17.2 Å². The van der Waals surface area contributed by atoms with E-state index in [4.69, 9.17) is 16.9 Å². The highest BCUT2D eigenvalue weighted by molar-refractivity contribution is 9.10. The number of terminal acetylenes is 1. The Morgan fingerprint density at radius 2 is 2.17 bits per heavy atom. The maximum absolute atomic E-state index is 12.2. The van der Waals surface area contributed by atoms with Gasteiger partial charge in [-0.1, -0.05) is 5.92 Å². The van der Waals surface area contributed by atoms with E-state index in [9.17, 15) is 8.42 Å². The van der Waals surface area contributed by atoms with Crippen molar-refractivity contribution in [2.45, 2.75) is 4.90 Å². The molecule has 0 aliphatic carbocycles. The number of methoxy groups -OCH3 is 1. The lowest BCUT2D eigenvalue weighted by atomic mass is 10.3. The van der Waals surface area contributed by atoms with Crippen molar-refractivity contribution < 1.29 is 13.2 Å². The number of ether oxygens (including phenoxy) is 1. The van der Waals surface area contributed by atoms with E-state index >= 15 is 0 Å². The third-order valence-corrected chi connectivity index (χ3v) is 4.80. The fourth-order valence-electron chi connectivity index (χ4n) is 1.29. The molecule has 0 saturated carbocycles. The highest BCUT2D eigenvalue weighted by atomic mass is 79.9. The van der Waals surface area contributed by atoms with Gasteiger partial charge in [0.1, 0.15) is 10.6 Å². The zero-order valence-corrected chi connectivity index (χ0v) is 12.4. The molecule has 5 nitrogen and oxygen atoms in total. The zero-order chi connectivity index (χ0) is 13.9. The Balaban J connectivity index is 3.41. The summed E-state index contributed by atoms with van der Waals surface area (Å²) in [6.45, 7) is -0.0263. The van der Waals surface area contributed by atoms with Crippen LogP contribution >= 0.6 is 15.9 Å². The predicted octanol–water partition coefficient (Wildman–Crippen LogP) is 1.29. The van der Waals surface area contributed by atoms with Crippen LogP contribution in [0.5, 0.6) is 5.75 Å². The second kappa shape index (κ2) is 5.61. The summed E-state index contributed by atoms with van der Waals surface area (Å²) in [6.07, 6.45) is 5.11. The molecule has 2 N–H and O–H groups in total. The van der Waals surface area contributed by atoms with Crippen LogP contribution < -0.4 is 10.5 Å². The maximum Gasteiger partial charge on any atom is 0.247 e. The number of halogens is 1. The van der Waals surface area contributed by atoms with Crippen molar-refractivity contribution >= 4 is 31.6 Å². The first-order valence-electron chi connectivity index (χ1n) is 4.87. The minimum absolute atomic E-state index is 0.0107. The summed E-state index contributed by atoms with van der Waals surface area (Å²) < 4.78 is 31.2. The average molecular weight is 333 g/mol. The molecule has 0 bridgehead atoms. The normalized spacial score (nSPS) is 11.3. The predicted molar refractivity (Wildman–Crippen MR) is 73.8 cm³/mol. The van der Waals surface area contributed by atoms with Crippen molar-refractivity contribution in [1.82, 2.24) is 4.31 Å². The molecule has 1 aromatic carbocycles. The van der Waals surface area contributed by atoms with Crippen molar-refractivity contribution in [1.29, 1.82) is 0 Å². The summed E-state index contributed by atoms with van der Waals surface area (Å²) >= 11 is 3.21. The van der Waals surface area contributed by atoms with Crippen LogP contribution in [0.25, 0.3) is 0 Å². The van der Waals surface area contributed by atoms with Crippen LogP contribution in [0.4, 0.5) is 5.69 Å². The Kier molecular flexibility index (Phi) is 4.62. The lowest BCUT2D eigenvalue weighted by molar-refractivity contribution is 0.399. The maximum atomic E-state index is 12.2. The van der Waals surface area contributed by atoms with E-state index in [0.29, 0.717) is 10.2 Å². The summed E-state index contributed by atoms with van der Waals surface area (Å²) in [7, 11) is -0.935. The van der Waals surface area contributed by atoms with E-state index in [1.807, 2.05) is 0 Å². The summed E-state index contributed by atoms with van der Waals surface area (Å²) in [5.74, 6) is 2.48. The van der Waals surface area contributed by atoms with Gasteiger partial charge in [0.25, 0.3) is 0 Å². The third kappa shape index (κ3) is 2.77.